The Hall–Kier alpha value is 0.620. The molecule has 0 saturated carbocycles. The molecule has 0 aliphatic carbocycles. The minimum atomic E-state index is 0. The number of nitrogens with one attached hydrogen (secondary N) is 1. The quantitative estimate of drug-likeness (QED) is 0.364. The van der Waals surface area contributed by atoms with E-state index in [1.165, 1.54) is 23.7 Å². The molecule has 5 nitrogen and oxygen atoms in total. The summed E-state index contributed by atoms with van der Waals surface area (Å²) < 4.78 is 5.87. The lowest BCUT2D eigenvalue weighted by molar-refractivity contribution is -0.0121. The zero-order valence-corrected chi connectivity index (χ0v) is 19.7. The molecule has 3 aliphatic rings. The van der Waals surface area contributed by atoms with E-state index in [-0.39, 0.29) is 29.5 Å². The van der Waals surface area contributed by atoms with Crippen molar-refractivity contribution in [2.45, 2.75) is 30.6 Å². The Morgan fingerprint density at radius 3 is 2.56 bits per heavy atom. The number of hydrogen-bond donors (Lipinski definition) is 1. The molecule has 1 unspecified atom stereocenters. The second-order valence-corrected chi connectivity index (χ2v) is 10.5. The molecule has 146 valence electrons. The van der Waals surface area contributed by atoms with E-state index in [1.807, 2.05) is 7.05 Å². The van der Waals surface area contributed by atoms with Crippen LogP contribution in [0.4, 0.5) is 0 Å². The van der Waals surface area contributed by atoms with Crippen LogP contribution in [-0.2, 0) is 4.74 Å². The van der Waals surface area contributed by atoms with Crippen molar-refractivity contribution >= 4 is 53.5 Å². The van der Waals surface area contributed by atoms with Gasteiger partial charge in [0.25, 0.3) is 0 Å². The third-order valence-electron chi connectivity index (χ3n) is 5.28. The Balaban J connectivity index is 0.00000225. The summed E-state index contributed by atoms with van der Waals surface area (Å²) in [5.74, 6) is 4.74. The van der Waals surface area contributed by atoms with E-state index in [0.717, 1.165) is 51.9 Å². The van der Waals surface area contributed by atoms with Gasteiger partial charge in [-0.1, -0.05) is 0 Å². The predicted octanol–water partition coefficient (Wildman–Crippen LogP) is 2.22. The molecule has 0 aromatic heterocycles. The molecular formula is C17H33IN4OS2. The van der Waals surface area contributed by atoms with Gasteiger partial charge in [0.15, 0.2) is 5.96 Å². The van der Waals surface area contributed by atoms with Crippen LogP contribution in [0.2, 0.25) is 0 Å². The Labute approximate surface area is 178 Å². The van der Waals surface area contributed by atoms with Crippen molar-refractivity contribution in [1.82, 2.24) is 15.1 Å². The molecule has 0 aromatic rings. The molecule has 25 heavy (non-hydrogen) atoms. The minimum absolute atomic E-state index is 0. The average molecular weight is 501 g/mol. The normalized spacial score (nSPS) is 30.8. The summed E-state index contributed by atoms with van der Waals surface area (Å²) >= 11 is 4.16. The molecule has 8 heteroatoms. The number of guanidine groups is 1. The molecule has 0 amide bonds. The smallest absolute Gasteiger partial charge is 0.193 e. The molecule has 0 spiro atoms. The Kier molecular flexibility index (Phi) is 8.51. The van der Waals surface area contributed by atoms with Crippen LogP contribution in [0.3, 0.4) is 0 Å². The number of nitrogens with zero attached hydrogens (tertiary/aromatic N) is 3. The zero-order valence-electron chi connectivity index (χ0n) is 15.8. The fraction of sp³-hybridized carbons (Fsp3) is 0.941. The molecule has 3 rings (SSSR count). The maximum Gasteiger partial charge on any atom is 0.193 e. The largest absolute Gasteiger partial charge is 0.379 e. The third kappa shape index (κ3) is 5.56. The van der Waals surface area contributed by atoms with Crippen LogP contribution in [0.15, 0.2) is 4.99 Å². The fourth-order valence-corrected chi connectivity index (χ4v) is 6.50. The van der Waals surface area contributed by atoms with Crippen molar-refractivity contribution in [1.29, 1.82) is 0 Å². The number of rotatable bonds is 3. The molecule has 0 radical (unpaired) electrons. The van der Waals surface area contributed by atoms with Gasteiger partial charge in [0.05, 0.1) is 13.2 Å². The summed E-state index contributed by atoms with van der Waals surface area (Å²) in [5, 5.41) is 3.73. The van der Waals surface area contributed by atoms with Crippen LogP contribution in [0.5, 0.6) is 0 Å². The molecule has 3 aliphatic heterocycles. The van der Waals surface area contributed by atoms with Crippen LogP contribution in [0, 0.1) is 0 Å². The maximum atomic E-state index is 5.57. The SMILES string of the molecule is CN=C(NCC1(N2CCOCC2)CCSC1)N1CCSC(C)(C)C1.I. The first-order chi connectivity index (χ1) is 11.5. The van der Waals surface area contributed by atoms with Gasteiger partial charge in [0, 0.05) is 61.6 Å². The Morgan fingerprint density at radius 1 is 1.20 bits per heavy atom. The van der Waals surface area contributed by atoms with Crippen molar-refractivity contribution in [2.75, 3.05) is 70.2 Å². The molecule has 0 aromatic carbocycles. The standard InChI is InChI=1S/C17H32N4OS2.HI/c1-16(2)13-20(7-11-24-16)15(18-3)19-12-17(4-10-23-14-17)21-5-8-22-9-6-21;/h4-14H2,1-3H3,(H,18,19);1H. The summed E-state index contributed by atoms with van der Waals surface area (Å²) in [6.07, 6.45) is 1.27. The highest BCUT2D eigenvalue weighted by molar-refractivity contribution is 14.0. The number of hydrogen-bond acceptors (Lipinski definition) is 5. The third-order valence-corrected chi connectivity index (χ3v) is 7.81. The van der Waals surface area contributed by atoms with Gasteiger partial charge in [-0.15, -0.1) is 24.0 Å². The summed E-state index contributed by atoms with van der Waals surface area (Å²) in [4.78, 5) is 9.68. The Bertz CT molecular complexity index is 452. The van der Waals surface area contributed by atoms with E-state index in [9.17, 15) is 0 Å². The molecule has 3 saturated heterocycles. The van der Waals surface area contributed by atoms with E-state index in [1.54, 1.807) is 0 Å². The zero-order chi connectivity index (χ0) is 17.0. The number of ether oxygens (including phenoxy) is 1. The average Bonchev–Trinajstić information content (AvgIpc) is 3.06. The van der Waals surface area contributed by atoms with Crippen LogP contribution < -0.4 is 5.32 Å². The molecular weight excluding hydrogens is 467 g/mol. The van der Waals surface area contributed by atoms with E-state index < -0.39 is 0 Å². The predicted molar refractivity (Wildman–Crippen MR) is 122 cm³/mol. The molecule has 1 atom stereocenters. The topological polar surface area (TPSA) is 40.1 Å². The van der Waals surface area contributed by atoms with Crippen molar-refractivity contribution < 1.29 is 4.74 Å². The van der Waals surface area contributed by atoms with Crippen LogP contribution in [0.1, 0.15) is 20.3 Å². The first-order valence-corrected chi connectivity index (χ1v) is 11.2. The monoisotopic (exact) mass is 500 g/mol. The number of morpholine rings is 1. The lowest BCUT2D eigenvalue weighted by Crippen LogP contribution is -2.61. The Morgan fingerprint density at radius 2 is 1.96 bits per heavy atom. The van der Waals surface area contributed by atoms with Gasteiger partial charge in [-0.25, -0.2) is 0 Å². The highest BCUT2D eigenvalue weighted by Gasteiger charge is 2.41. The van der Waals surface area contributed by atoms with Gasteiger partial charge in [-0.2, -0.15) is 23.5 Å². The second kappa shape index (κ2) is 9.71. The first kappa shape index (κ1) is 21.9. The fourth-order valence-electron chi connectivity index (χ4n) is 3.91. The van der Waals surface area contributed by atoms with Crippen molar-refractivity contribution in [2.24, 2.45) is 4.99 Å². The molecule has 3 heterocycles. The summed E-state index contributed by atoms with van der Waals surface area (Å²) in [7, 11) is 1.92. The highest BCUT2D eigenvalue weighted by Crippen LogP contribution is 2.34. The van der Waals surface area contributed by atoms with Gasteiger partial charge in [0.2, 0.25) is 0 Å². The van der Waals surface area contributed by atoms with E-state index in [0.29, 0.717) is 4.75 Å². The lowest BCUT2D eigenvalue weighted by Gasteiger charge is -2.44. The summed E-state index contributed by atoms with van der Waals surface area (Å²) in [6, 6.07) is 0. The van der Waals surface area contributed by atoms with E-state index in [2.05, 4.69) is 57.5 Å². The first-order valence-electron chi connectivity index (χ1n) is 9.05. The molecule has 1 N–H and O–H groups in total. The van der Waals surface area contributed by atoms with Crippen molar-refractivity contribution in [3.63, 3.8) is 0 Å². The molecule has 0 bridgehead atoms. The van der Waals surface area contributed by atoms with E-state index in [4.69, 9.17) is 4.74 Å². The van der Waals surface area contributed by atoms with Crippen molar-refractivity contribution in [3.8, 4) is 0 Å². The van der Waals surface area contributed by atoms with Gasteiger partial charge in [0.1, 0.15) is 0 Å². The van der Waals surface area contributed by atoms with Gasteiger partial charge < -0.3 is 15.0 Å². The highest BCUT2D eigenvalue weighted by atomic mass is 127. The second-order valence-electron chi connectivity index (χ2n) is 7.56. The van der Waals surface area contributed by atoms with E-state index >= 15 is 0 Å². The van der Waals surface area contributed by atoms with Crippen molar-refractivity contribution in [3.05, 3.63) is 0 Å². The summed E-state index contributed by atoms with van der Waals surface area (Å²) in [5.41, 5.74) is 0.268. The van der Waals surface area contributed by atoms with Crippen LogP contribution in [-0.4, -0.2) is 96.3 Å². The number of thioether (sulfide) groups is 2. The number of aliphatic imine (C=N–C) groups is 1. The van der Waals surface area contributed by atoms with Gasteiger partial charge >= 0.3 is 0 Å². The van der Waals surface area contributed by atoms with Crippen LogP contribution >= 0.6 is 47.5 Å². The maximum absolute atomic E-state index is 5.57. The number of halogens is 1. The minimum Gasteiger partial charge on any atom is -0.379 e. The summed E-state index contributed by atoms with van der Waals surface area (Å²) in [6.45, 7) is 11.7. The molecule has 3 fully saturated rings. The van der Waals surface area contributed by atoms with Crippen LogP contribution in [0.25, 0.3) is 0 Å². The van der Waals surface area contributed by atoms with Gasteiger partial charge in [-0.3, -0.25) is 9.89 Å². The van der Waals surface area contributed by atoms with Gasteiger partial charge in [-0.05, 0) is 26.0 Å². The lowest BCUT2D eigenvalue weighted by atomic mass is 9.95.